The van der Waals surface area contributed by atoms with Crippen LogP contribution in [-0.2, 0) is 38.9 Å². The summed E-state index contributed by atoms with van der Waals surface area (Å²) in [6.07, 6.45) is 4.87. The summed E-state index contributed by atoms with van der Waals surface area (Å²) in [5.74, 6) is -0.704. The lowest BCUT2D eigenvalue weighted by molar-refractivity contribution is 0.0151. The summed E-state index contributed by atoms with van der Waals surface area (Å²) in [5.41, 5.74) is 2.58. The molecular weight excluding hydrogens is 520 g/mol. The smallest absolute Gasteiger partial charge is 0.338 e. The van der Waals surface area contributed by atoms with Crippen molar-refractivity contribution in [1.82, 2.24) is 19.4 Å². The maximum atomic E-state index is 13.1. The van der Waals surface area contributed by atoms with Crippen molar-refractivity contribution in [2.24, 2.45) is 11.3 Å². The van der Waals surface area contributed by atoms with Gasteiger partial charge in [-0.1, -0.05) is 19.9 Å². The molecule has 0 radical (unpaired) electrons. The van der Waals surface area contributed by atoms with Crippen molar-refractivity contribution in [3.8, 4) is 0 Å². The third-order valence-electron chi connectivity index (χ3n) is 8.17. The normalized spacial score (nSPS) is 20.3. The van der Waals surface area contributed by atoms with E-state index < -0.39 is 16.0 Å². The first-order valence-corrected chi connectivity index (χ1v) is 15.4. The number of hydrogen-bond acceptors (Lipinski definition) is 7. The first kappa shape index (κ1) is 27.8. The molecule has 1 N–H and O–H groups in total. The first-order chi connectivity index (χ1) is 18.7. The monoisotopic (exact) mass is 558 g/mol. The fourth-order valence-electron chi connectivity index (χ4n) is 5.83. The number of aryl methyl sites for hydroxylation is 1. The molecule has 4 heterocycles. The minimum Gasteiger partial charge on any atom is -0.462 e. The van der Waals surface area contributed by atoms with Gasteiger partial charge in [0.25, 0.3) is 5.91 Å². The summed E-state index contributed by atoms with van der Waals surface area (Å²) >= 11 is 0. The number of nitrogens with one attached hydrogen (secondary N) is 1. The Morgan fingerprint density at radius 1 is 1.23 bits per heavy atom. The number of rotatable bonds is 8. The van der Waals surface area contributed by atoms with Crippen LogP contribution in [-0.4, -0.2) is 73.8 Å². The topological polar surface area (TPSA) is 120 Å². The molecule has 1 atom stereocenters. The van der Waals surface area contributed by atoms with Crippen molar-refractivity contribution in [3.63, 3.8) is 0 Å². The number of ether oxygens (including phenoxy) is 2. The lowest BCUT2D eigenvalue weighted by Gasteiger charge is -2.36. The van der Waals surface area contributed by atoms with Crippen LogP contribution in [0, 0.1) is 11.3 Å². The van der Waals surface area contributed by atoms with E-state index in [4.69, 9.17) is 14.6 Å². The molecule has 212 valence electrons. The van der Waals surface area contributed by atoms with E-state index in [1.165, 1.54) is 16.4 Å². The van der Waals surface area contributed by atoms with Gasteiger partial charge in [-0.25, -0.2) is 13.2 Å². The van der Waals surface area contributed by atoms with Crippen LogP contribution in [0.2, 0.25) is 0 Å². The zero-order chi connectivity index (χ0) is 27.6. The van der Waals surface area contributed by atoms with Crippen LogP contribution < -0.4 is 5.32 Å². The predicted octanol–water partition coefficient (Wildman–Crippen LogP) is 2.81. The van der Waals surface area contributed by atoms with Crippen LogP contribution in [0.4, 0.5) is 0 Å². The maximum absolute atomic E-state index is 13.1. The molecule has 0 bridgehead atoms. The third-order valence-corrected chi connectivity index (χ3v) is 10.1. The third kappa shape index (κ3) is 5.76. The quantitative estimate of drug-likeness (QED) is 0.495. The molecule has 3 aliphatic rings. The minimum absolute atomic E-state index is 0.0436. The Morgan fingerprint density at radius 2 is 1.97 bits per heavy atom. The Labute approximate surface area is 230 Å². The highest BCUT2D eigenvalue weighted by Gasteiger charge is 2.39. The number of carbonyl (C=O) groups is 2. The molecule has 10 nitrogen and oxygen atoms in total. The van der Waals surface area contributed by atoms with Gasteiger partial charge in [0.15, 0.2) is 0 Å². The van der Waals surface area contributed by atoms with Gasteiger partial charge < -0.3 is 14.8 Å². The van der Waals surface area contributed by atoms with Crippen molar-refractivity contribution < 1.29 is 27.5 Å². The average molecular weight is 559 g/mol. The summed E-state index contributed by atoms with van der Waals surface area (Å²) in [6.45, 7) is 7.62. The second kappa shape index (κ2) is 11.4. The molecular formula is C28H38N4O6S. The molecule has 0 unspecified atom stereocenters. The van der Waals surface area contributed by atoms with Gasteiger partial charge in [-0.15, -0.1) is 0 Å². The van der Waals surface area contributed by atoms with Crippen LogP contribution in [0.15, 0.2) is 29.2 Å². The zero-order valence-corrected chi connectivity index (χ0v) is 23.6. The molecule has 0 aliphatic carbocycles. The van der Waals surface area contributed by atoms with Crippen LogP contribution >= 0.6 is 0 Å². The predicted molar refractivity (Wildman–Crippen MR) is 144 cm³/mol. The van der Waals surface area contributed by atoms with E-state index in [2.05, 4.69) is 5.32 Å². The van der Waals surface area contributed by atoms with Gasteiger partial charge in [-0.2, -0.15) is 9.40 Å². The van der Waals surface area contributed by atoms with E-state index in [0.717, 1.165) is 43.5 Å². The minimum atomic E-state index is -3.62. The molecule has 1 spiro atoms. The van der Waals surface area contributed by atoms with E-state index in [0.29, 0.717) is 51.4 Å². The fraction of sp³-hybridized carbons (Fsp3) is 0.607. The number of sulfonamides is 1. The van der Waals surface area contributed by atoms with Crippen molar-refractivity contribution in [3.05, 3.63) is 46.8 Å². The molecule has 0 saturated carbocycles. The van der Waals surface area contributed by atoms with Gasteiger partial charge in [0, 0.05) is 45.3 Å². The van der Waals surface area contributed by atoms with E-state index in [9.17, 15) is 18.0 Å². The van der Waals surface area contributed by atoms with Crippen molar-refractivity contribution in [2.75, 3.05) is 39.5 Å². The second-order valence-electron chi connectivity index (χ2n) is 11.1. The molecule has 2 aromatic rings. The molecule has 3 aliphatic heterocycles. The Bertz CT molecular complexity index is 1330. The van der Waals surface area contributed by atoms with Crippen LogP contribution in [0.5, 0.6) is 0 Å². The summed E-state index contributed by atoms with van der Waals surface area (Å²) in [6, 6.07) is 6.06. The Hall–Kier alpha value is -2.76. The van der Waals surface area contributed by atoms with E-state index >= 15 is 0 Å². The zero-order valence-electron chi connectivity index (χ0n) is 22.8. The van der Waals surface area contributed by atoms with Gasteiger partial charge in [0.2, 0.25) is 10.0 Å². The summed E-state index contributed by atoms with van der Waals surface area (Å²) in [5, 5.41) is 7.93. The van der Waals surface area contributed by atoms with Crippen LogP contribution in [0.1, 0.15) is 71.6 Å². The van der Waals surface area contributed by atoms with Gasteiger partial charge >= 0.3 is 5.97 Å². The average Bonchev–Trinajstić information content (AvgIpc) is 3.58. The second-order valence-corrected chi connectivity index (χ2v) is 13.1. The SMILES string of the molecule is CCc1nn(C[C@@H](C)COC(=O)c2cccc(S(=O)(=O)N3CCCC3)c2)c2c1C(=O)NCC1(CCOCC1)C2. The number of esters is 1. The number of amides is 1. The Kier molecular flexibility index (Phi) is 8.11. The molecule has 5 rings (SSSR count). The number of nitrogens with zero attached hydrogens (tertiary/aromatic N) is 3. The highest BCUT2D eigenvalue weighted by atomic mass is 32.2. The molecule has 1 aromatic heterocycles. The number of hydrogen-bond donors (Lipinski definition) is 1. The van der Waals surface area contributed by atoms with E-state index in [-0.39, 0.29) is 34.3 Å². The number of fused-ring (bicyclic) bond motifs is 1. The van der Waals surface area contributed by atoms with Crippen LogP contribution in [0.3, 0.4) is 0 Å². The van der Waals surface area contributed by atoms with Crippen LogP contribution in [0.25, 0.3) is 0 Å². The largest absolute Gasteiger partial charge is 0.462 e. The van der Waals surface area contributed by atoms with Gasteiger partial charge in [-0.3, -0.25) is 9.48 Å². The Balaban J connectivity index is 1.27. The van der Waals surface area contributed by atoms with E-state index in [1.807, 2.05) is 18.5 Å². The number of benzene rings is 1. The summed E-state index contributed by atoms with van der Waals surface area (Å²) in [4.78, 5) is 26.0. The van der Waals surface area contributed by atoms with Crippen molar-refractivity contribution >= 4 is 21.9 Å². The molecule has 39 heavy (non-hydrogen) atoms. The fourth-order valence-corrected chi connectivity index (χ4v) is 7.40. The molecule has 1 aromatic carbocycles. The van der Waals surface area contributed by atoms with Crippen molar-refractivity contribution in [2.45, 2.75) is 63.8 Å². The molecule has 11 heteroatoms. The number of aromatic nitrogens is 2. The summed E-state index contributed by atoms with van der Waals surface area (Å²) < 4.78 is 40.4. The van der Waals surface area contributed by atoms with E-state index in [1.54, 1.807) is 12.1 Å². The molecule has 1 amide bonds. The Morgan fingerprint density at radius 3 is 2.69 bits per heavy atom. The van der Waals surface area contributed by atoms with Gasteiger partial charge in [0.05, 0.1) is 34.0 Å². The number of carbonyl (C=O) groups excluding carboxylic acids is 2. The van der Waals surface area contributed by atoms with Crippen molar-refractivity contribution in [1.29, 1.82) is 0 Å². The highest BCUT2D eigenvalue weighted by molar-refractivity contribution is 7.89. The summed E-state index contributed by atoms with van der Waals surface area (Å²) in [7, 11) is -3.62. The lowest BCUT2D eigenvalue weighted by Crippen LogP contribution is -2.41. The van der Waals surface area contributed by atoms with Gasteiger partial charge in [-0.05, 0) is 62.1 Å². The lowest BCUT2D eigenvalue weighted by atomic mass is 9.76. The molecule has 2 fully saturated rings. The maximum Gasteiger partial charge on any atom is 0.338 e. The standard InChI is InChI=1S/C28H38N4O6S/c1-3-23-25-24(16-28(19-29-26(25)33)9-13-37-14-10-28)32(30-23)17-20(2)18-38-27(34)21-7-6-8-22(15-21)39(35,36)31-11-4-5-12-31/h6-8,15,20H,3-5,9-14,16-19H2,1-2H3,(H,29,33)/t20-/m1/s1. The molecule has 2 saturated heterocycles. The highest BCUT2D eigenvalue weighted by Crippen LogP contribution is 2.37. The first-order valence-electron chi connectivity index (χ1n) is 13.9. The van der Waals surface area contributed by atoms with Gasteiger partial charge in [0.1, 0.15) is 0 Å².